The first-order valence-corrected chi connectivity index (χ1v) is 8.57. The van der Waals surface area contributed by atoms with Crippen molar-refractivity contribution in [2.75, 3.05) is 6.61 Å². The van der Waals surface area contributed by atoms with E-state index in [1.54, 1.807) is 0 Å². The molecule has 0 saturated carbocycles. The molecule has 0 spiro atoms. The van der Waals surface area contributed by atoms with Crippen LogP contribution >= 0.6 is 0 Å². The van der Waals surface area contributed by atoms with Gasteiger partial charge in [0.15, 0.2) is 0 Å². The van der Waals surface area contributed by atoms with Crippen LogP contribution in [0, 0.1) is 0 Å². The quantitative estimate of drug-likeness (QED) is 0.251. The van der Waals surface area contributed by atoms with Gasteiger partial charge in [-0.25, -0.2) is 0 Å². The fourth-order valence-electron chi connectivity index (χ4n) is 2.47. The van der Waals surface area contributed by atoms with E-state index in [9.17, 15) is 0 Å². The maximum absolute atomic E-state index is 5.88. The average Bonchev–Trinajstić information content (AvgIpc) is 2.43. The minimum Gasteiger partial charge on any atom is -0.374 e. The van der Waals surface area contributed by atoms with Gasteiger partial charge < -0.3 is 4.74 Å². The number of rotatable bonds is 15. The molecule has 0 bridgehead atoms. The van der Waals surface area contributed by atoms with Crippen LogP contribution in [-0.4, -0.2) is 12.7 Å². The van der Waals surface area contributed by atoms with E-state index in [0.717, 1.165) is 0 Å². The minimum absolute atomic E-state index is 0.473. The molecule has 1 nitrogen and oxygen atoms in total. The van der Waals surface area contributed by atoms with E-state index < -0.39 is 0 Å². The average molecular weight is 268 g/mol. The molecule has 0 aliphatic heterocycles. The van der Waals surface area contributed by atoms with E-state index >= 15 is 0 Å². The lowest BCUT2D eigenvalue weighted by molar-refractivity contribution is 0.0574. The first-order valence-electron chi connectivity index (χ1n) is 8.57. The molecular weight excluding hydrogens is 232 g/mol. The Morgan fingerprint density at radius 2 is 1.26 bits per heavy atom. The van der Waals surface area contributed by atoms with Crippen molar-refractivity contribution in [1.29, 1.82) is 0 Å². The molecule has 1 atom stereocenters. The van der Waals surface area contributed by atoms with Crippen LogP contribution in [0.15, 0.2) is 12.7 Å². The molecule has 114 valence electrons. The Kier molecular flexibility index (Phi) is 15.5. The predicted molar refractivity (Wildman–Crippen MR) is 86.7 cm³/mol. The third-order valence-corrected chi connectivity index (χ3v) is 3.71. The summed E-state index contributed by atoms with van der Waals surface area (Å²) in [5, 5.41) is 0. The summed E-state index contributed by atoms with van der Waals surface area (Å²) >= 11 is 0. The molecule has 1 heteroatoms. The van der Waals surface area contributed by atoms with Gasteiger partial charge in [0.2, 0.25) is 0 Å². The largest absolute Gasteiger partial charge is 0.374 e. The second-order valence-corrected chi connectivity index (χ2v) is 5.65. The summed E-state index contributed by atoms with van der Waals surface area (Å²) < 4.78 is 5.88. The van der Waals surface area contributed by atoms with Crippen molar-refractivity contribution in [2.24, 2.45) is 0 Å². The van der Waals surface area contributed by atoms with E-state index in [-0.39, 0.29) is 0 Å². The summed E-state index contributed by atoms with van der Waals surface area (Å²) in [5.74, 6) is 0. The highest BCUT2D eigenvalue weighted by molar-refractivity contribution is 4.67. The highest BCUT2D eigenvalue weighted by atomic mass is 16.5. The molecule has 0 aromatic carbocycles. The zero-order chi connectivity index (χ0) is 14.2. The Labute approximate surface area is 121 Å². The van der Waals surface area contributed by atoms with Crippen molar-refractivity contribution in [3.05, 3.63) is 12.7 Å². The Morgan fingerprint density at radius 1 is 0.789 bits per heavy atom. The Hall–Kier alpha value is -0.300. The molecule has 0 rings (SSSR count). The Bertz CT molecular complexity index is 177. The highest BCUT2D eigenvalue weighted by Crippen LogP contribution is 2.16. The van der Waals surface area contributed by atoms with Crippen molar-refractivity contribution in [2.45, 2.75) is 97.0 Å². The zero-order valence-corrected chi connectivity index (χ0v) is 13.5. The first kappa shape index (κ1) is 18.7. The van der Waals surface area contributed by atoms with Gasteiger partial charge in [-0.2, -0.15) is 0 Å². The fourth-order valence-corrected chi connectivity index (χ4v) is 2.47. The van der Waals surface area contributed by atoms with E-state index in [2.05, 4.69) is 20.4 Å². The van der Waals surface area contributed by atoms with Crippen molar-refractivity contribution in [3.63, 3.8) is 0 Å². The van der Waals surface area contributed by atoms with Gasteiger partial charge in [-0.1, -0.05) is 84.1 Å². The molecule has 0 aliphatic carbocycles. The summed E-state index contributed by atoms with van der Waals surface area (Å²) in [6, 6.07) is 0. The summed E-state index contributed by atoms with van der Waals surface area (Å²) in [5.41, 5.74) is 0. The van der Waals surface area contributed by atoms with Crippen molar-refractivity contribution in [3.8, 4) is 0 Å². The molecule has 0 aromatic rings. The van der Waals surface area contributed by atoms with Crippen LogP contribution in [0.25, 0.3) is 0 Å². The number of hydrogen-bond donors (Lipinski definition) is 0. The van der Waals surface area contributed by atoms with Crippen LogP contribution in [0.3, 0.4) is 0 Å². The Morgan fingerprint density at radius 3 is 1.79 bits per heavy atom. The topological polar surface area (TPSA) is 9.23 Å². The van der Waals surface area contributed by atoms with E-state index in [1.807, 2.05) is 6.08 Å². The van der Waals surface area contributed by atoms with Gasteiger partial charge in [0.05, 0.1) is 12.7 Å². The highest BCUT2D eigenvalue weighted by Gasteiger charge is 2.07. The fraction of sp³-hybridized carbons (Fsp3) is 0.889. The van der Waals surface area contributed by atoms with Crippen LogP contribution in [0.1, 0.15) is 90.9 Å². The summed E-state index contributed by atoms with van der Waals surface area (Å²) in [6.07, 6.45) is 18.4. The van der Waals surface area contributed by atoms with Crippen molar-refractivity contribution >= 4 is 0 Å². The first-order chi connectivity index (χ1) is 9.35. The number of ether oxygens (including phenoxy) is 1. The van der Waals surface area contributed by atoms with Gasteiger partial charge in [-0.15, -0.1) is 6.58 Å². The Balaban J connectivity index is 3.57. The number of hydrogen-bond acceptors (Lipinski definition) is 1. The lowest BCUT2D eigenvalue weighted by Gasteiger charge is -2.17. The molecule has 0 saturated heterocycles. The van der Waals surface area contributed by atoms with Gasteiger partial charge in [0.1, 0.15) is 0 Å². The summed E-state index contributed by atoms with van der Waals surface area (Å²) in [6.45, 7) is 9.00. The molecule has 0 heterocycles. The lowest BCUT2D eigenvalue weighted by atomic mass is 10.0. The molecule has 0 aromatic heterocycles. The summed E-state index contributed by atoms with van der Waals surface area (Å²) in [7, 11) is 0. The second kappa shape index (κ2) is 15.8. The molecule has 0 N–H and O–H groups in total. The van der Waals surface area contributed by atoms with Crippen molar-refractivity contribution in [1.82, 2.24) is 0 Å². The van der Waals surface area contributed by atoms with Gasteiger partial charge in [0.25, 0.3) is 0 Å². The third-order valence-electron chi connectivity index (χ3n) is 3.71. The maximum Gasteiger partial charge on any atom is 0.0648 e. The van der Waals surface area contributed by atoms with Crippen molar-refractivity contribution < 1.29 is 4.74 Å². The van der Waals surface area contributed by atoms with Crippen LogP contribution in [0.2, 0.25) is 0 Å². The van der Waals surface area contributed by atoms with E-state index in [1.165, 1.54) is 77.0 Å². The molecule has 1 unspecified atom stereocenters. The smallest absolute Gasteiger partial charge is 0.0648 e. The van der Waals surface area contributed by atoms with Gasteiger partial charge in [-0.05, 0) is 12.8 Å². The molecule has 0 radical (unpaired) electrons. The van der Waals surface area contributed by atoms with Gasteiger partial charge in [0, 0.05) is 0 Å². The molecule has 0 amide bonds. The molecule has 0 fully saturated rings. The second-order valence-electron chi connectivity index (χ2n) is 5.65. The van der Waals surface area contributed by atoms with E-state index in [0.29, 0.717) is 12.7 Å². The molecule has 0 aliphatic rings. The van der Waals surface area contributed by atoms with Gasteiger partial charge >= 0.3 is 0 Å². The third kappa shape index (κ3) is 13.9. The van der Waals surface area contributed by atoms with Crippen LogP contribution in [-0.2, 0) is 4.74 Å². The van der Waals surface area contributed by atoms with Crippen LogP contribution in [0.5, 0.6) is 0 Å². The maximum atomic E-state index is 5.88. The van der Waals surface area contributed by atoms with Gasteiger partial charge in [-0.3, -0.25) is 0 Å². The lowest BCUT2D eigenvalue weighted by Crippen LogP contribution is -2.13. The monoisotopic (exact) mass is 268 g/mol. The van der Waals surface area contributed by atoms with E-state index in [4.69, 9.17) is 4.74 Å². The van der Waals surface area contributed by atoms with Crippen LogP contribution in [0.4, 0.5) is 0 Å². The zero-order valence-electron chi connectivity index (χ0n) is 13.5. The molecule has 19 heavy (non-hydrogen) atoms. The molecular formula is C18H36O. The minimum atomic E-state index is 0.473. The summed E-state index contributed by atoms with van der Waals surface area (Å²) in [4.78, 5) is 0. The normalized spacial score (nSPS) is 12.5. The SMILES string of the molecule is C=CCOC(CCCCCC)CCCCCCCC. The number of unbranched alkanes of at least 4 members (excludes halogenated alkanes) is 8. The van der Waals surface area contributed by atoms with Crippen LogP contribution < -0.4 is 0 Å². The predicted octanol–water partition coefficient (Wildman–Crippen LogP) is 6.28. The standard InChI is InChI=1S/C18H36O/c1-4-7-9-11-12-14-16-18(19-17-6-3)15-13-10-8-5-2/h6,18H,3-5,7-17H2,1-2H3.